The zero-order chi connectivity index (χ0) is 13.0. The Hall–Kier alpha value is -1.90. The third kappa shape index (κ3) is 2.86. The Morgan fingerprint density at radius 2 is 1.94 bits per heavy atom. The highest BCUT2D eigenvalue weighted by molar-refractivity contribution is 5.69. The average Bonchev–Trinajstić information content (AvgIpc) is 2.84. The topological polar surface area (TPSA) is 20.2 Å². The van der Waals surface area contributed by atoms with Crippen LogP contribution in [-0.4, -0.2) is 18.7 Å². The normalized spacial score (nSPS) is 10.4. The molecule has 0 aliphatic heterocycles. The van der Waals surface area contributed by atoms with E-state index in [9.17, 15) is 0 Å². The van der Waals surface area contributed by atoms with E-state index in [1.165, 1.54) is 16.9 Å². The van der Waals surface area contributed by atoms with Crippen molar-refractivity contribution in [3.8, 4) is 0 Å². The first-order valence-electron chi connectivity index (χ1n) is 6.35. The van der Waals surface area contributed by atoms with E-state index in [1.54, 1.807) is 0 Å². The number of rotatable bonds is 5. The first kappa shape index (κ1) is 12.6. The summed E-state index contributed by atoms with van der Waals surface area (Å²) in [4.78, 5) is 2.12. The SMILES string of the molecule is CCn1ccc(CNc2ccccc2N(C)C)c1. The van der Waals surface area contributed by atoms with Crippen molar-refractivity contribution in [3.05, 3.63) is 48.3 Å². The summed E-state index contributed by atoms with van der Waals surface area (Å²) >= 11 is 0. The van der Waals surface area contributed by atoms with E-state index in [0.29, 0.717) is 0 Å². The minimum Gasteiger partial charge on any atom is -0.379 e. The first-order valence-corrected chi connectivity index (χ1v) is 6.35. The van der Waals surface area contributed by atoms with Gasteiger partial charge in [0, 0.05) is 39.6 Å². The van der Waals surface area contributed by atoms with Gasteiger partial charge in [-0.2, -0.15) is 0 Å². The van der Waals surface area contributed by atoms with Crippen molar-refractivity contribution < 1.29 is 0 Å². The summed E-state index contributed by atoms with van der Waals surface area (Å²) in [6.45, 7) is 4.03. The summed E-state index contributed by atoms with van der Waals surface area (Å²) in [7, 11) is 4.13. The van der Waals surface area contributed by atoms with Crippen LogP contribution in [0.1, 0.15) is 12.5 Å². The van der Waals surface area contributed by atoms with Gasteiger partial charge in [-0.25, -0.2) is 0 Å². The maximum Gasteiger partial charge on any atom is 0.0596 e. The molecular formula is C15H21N3. The number of aryl methyl sites for hydroxylation is 1. The van der Waals surface area contributed by atoms with Gasteiger partial charge in [-0.3, -0.25) is 0 Å². The molecule has 0 fully saturated rings. The summed E-state index contributed by atoms with van der Waals surface area (Å²) < 4.78 is 2.19. The largest absolute Gasteiger partial charge is 0.379 e. The van der Waals surface area contributed by atoms with Crippen molar-refractivity contribution in [2.24, 2.45) is 0 Å². The lowest BCUT2D eigenvalue weighted by Crippen LogP contribution is -2.11. The van der Waals surface area contributed by atoms with E-state index >= 15 is 0 Å². The number of nitrogens with zero attached hydrogens (tertiary/aromatic N) is 2. The van der Waals surface area contributed by atoms with E-state index in [2.05, 4.69) is 78.5 Å². The summed E-state index contributed by atoms with van der Waals surface area (Å²) in [5, 5.41) is 3.49. The Balaban J connectivity index is 2.05. The molecule has 0 amide bonds. The maximum absolute atomic E-state index is 3.49. The summed E-state index contributed by atoms with van der Waals surface area (Å²) in [6, 6.07) is 10.5. The number of para-hydroxylation sites is 2. The lowest BCUT2D eigenvalue weighted by Gasteiger charge is -2.18. The Kier molecular flexibility index (Phi) is 3.92. The zero-order valence-electron chi connectivity index (χ0n) is 11.4. The van der Waals surface area contributed by atoms with Crippen LogP contribution in [0.25, 0.3) is 0 Å². The van der Waals surface area contributed by atoms with Crippen LogP contribution in [0.5, 0.6) is 0 Å². The minimum absolute atomic E-state index is 0.859. The molecule has 2 aromatic rings. The van der Waals surface area contributed by atoms with Gasteiger partial charge in [0.25, 0.3) is 0 Å². The molecule has 0 spiro atoms. The van der Waals surface area contributed by atoms with Crippen molar-refractivity contribution in [1.29, 1.82) is 0 Å². The molecule has 96 valence electrons. The number of benzene rings is 1. The molecule has 0 radical (unpaired) electrons. The fourth-order valence-corrected chi connectivity index (χ4v) is 2.00. The van der Waals surface area contributed by atoms with E-state index in [1.807, 2.05) is 0 Å². The maximum atomic E-state index is 3.49. The van der Waals surface area contributed by atoms with Crippen LogP contribution in [0.2, 0.25) is 0 Å². The molecular weight excluding hydrogens is 222 g/mol. The molecule has 3 nitrogen and oxygen atoms in total. The molecule has 0 aliphatic carbocycles. The zero-order valence-corrected chi connectivity index (χ0v) is 11.4. The van der Waals surface area contributed by atoms with Crippen LogP contribution in [0.15, 0.2) is 42.7 Å². The number of hydrogen-bond donors (Lipinski definition) is 1. The molecule has 0 atom stereocenters. The van der Waals surface area contributed by atoms with Gasteiger partial charge in [0.15, 0.2) is 0 Å². The standard InChI is InChI=1S/C15H21N3/c1-4-18-10-9-13(12-18)11-16-14-7-5-6-8-15(14)17(2)3/h5-10,12,16H,4,11H2,1-3H3. The van der Waals surface area contributed by atoms with Gasteiger partial charge in [-0.05, 0) is 30.7 Å². The molecule has 0 saturated heterocycles. The van der Waals surface area contributed by atoms with Gasteiger partial charge >= 0.3 is 0 Å². The highest BCUT2D eigenvalue weighted by atomic mass is 15.1. The van der Waals surface area contributed by atoms with Crippen molar-refractivity contribution in [2.75, 3.05) is 24.3 Å². The van der Waals surface area contributed by atoms with Crippen LogP contribution in [0, 0.1) is 0 Å². The van der Waals surface area contributed by atoms with E-state index in [4.69, 9.17) is 0 Å². The quantitative estimate of drug-likeness (QED) is 0.870. The second-order valence-electron chi connectivity index (χ2n) is 4.62. The van der Waals surface area contributed by atoms with Gasteiger partial charge in [0.2, 0.25) is 0 Å². The number of anilines is 2. The van der Waals surface area contributed by atoms with Crippen molar-refractivity contribution >= 4 is 11.4 Å². The summed E-state index contributed by atoms with van der Waals surface area (Å²) in [5.74, 6) is 0. The van der Waals surface area contributed by atoms with Crippen molar-refractivity contribution in [2.45, 2.75) is 20.0 Å². The molecule has 3 heteroatoms. The molecule has 0 bridgehead atoms. The number of nitrogens with one attached hydrogen (secondary N) is 1. The minimum atomic E-state index is 0.859. The third-order valence-electron chi connectivity index (χ3n) is 3.05. The van der Waals surface area contributed by atoms with Crippen LogP contribution < -0.4 is 10.2 Å². The van der Waals surface area contributed by atoms with E-state index in [-0.39, 0.29) is 0 Å². The molecule has 1 heterocycles. The molecule has 1 N–H and O–H groups in total. The predicted molar refractivity (Wildman–Crippen MR) is 78.2 cm³/mol. The van der Waals surface area contributed by atoms with Gasteiger partial charge in [0.1, 0.15) is 0 Å². The van der Waals surface area contributed by atoms with Crippen LogP contribution in [-0.2, 0) is 13.1 Å². The average molecular weight is 243 g/mol. The van der Waals surface area contributed by atoms with Crippen molar-refractivity contribution in [3.63, 3.8) is 0 Å². The lowest BCUT2D eigenvalue weighted by atomic mass is 10.2. The predicted octanol–water partition coefficient (Wildman–Crippen LogP) is 3.19. The van der Waals surface area contributed by atoms with Gasteiger partial charge < -0.3 is 14.8 Å². The summed E-state index contributed by atoms with van der Waals surface area (Å²) in [5.41, 5.74) is 3.70. The van der Waals surface area contributed by atoms with E-state index in [0.717, 1.165) is 13.1 Å². The molecule has 0 saturated carbocycles. The highest BCUT2D eigenvalue weighted by Crippen LogP contribution is 2.23. The fourth-order valence-electron chi connectivity index (χ4n) is 2.00. The molecule has 18 heavy (non-hydrogen) atoms. The first-order chi connectivity index (χ1) is 8.70. The Bertz CT molecular complexity index is 500. The third-order valence-corrected chi connectivity index (χ3v) is 3.05. The van der Waals surface area contributed by atoms with Gasteiger partial charge in [-0.1, -0.05) is 12.1 Å². The Morgan fingerprint density at radius 1 is 1.17 bits per heavy atom. The summed E-state index contributed by atoms with van der Waals surface area (Å²) in [6.07, 6.45) is 4.31. The lowest BCUT2D eigenvalue weighted by molar-refractivity contribution is 0.766. The second kappa shape index (κ2) is 5.63. The van der Waals surface area contributed by atoms with E-state index < -0.39 is 0 Å². The number of aromatic nitrogens is 1. The Labute approximate surface area is 109 Å². The molecule has 2 rings (SSSR count). The monoisotopic (exact) mass is 243 g/mol. The Morgan fingerprint density at radius 3 is 2.61 bits per heavy atom. The van der Waals surface area contributed by atoms with Crippen LogP contribution in [0.4, 0.5) is 11.4 Å². The van der Waals surface area contributed by atoms with Crippen molar-refractivity contribution in [1.82, 2.24) is 4.57 Å². The van der Waals surface area contributed by atoms with Gasteiger partial charge in [0.05, 0.1) is 11.4 Å². The molecule has 0 aliphatic rings. The van der Waals surface area contributed by atoms with Crippen LogP contribution >= 0.6 is 0 Å². The molecule has 0 unspecified atom stereocenters. The smallest absolute Gasteiger partial charge is 0.0596 e. The van der Waals surface area contributed by atoms with Gasteiger partial charge in [-0.15, -0.1) is 0 Å². The molecule has 1 aromatic heterocycles. The second-order valence-corrected chi connectivity index (χ2v) is 4.62. The highest BCUT2D eigenvalue weighted by Gasteiger charge is 2.03. The fraction of sp³-hybridized carbons (Fsp3) is 0.333. The number of hydrogen-bond acceptors (Lipinski definition) is 2. The van der Waals surface area contributed by atoms with Crippen LogP contribution in [0.3, 0.4) is 0 Å². The molecule has 1 aromatic carbocycles.